The minimum Gasteiger partial charge on any atom is -0.342 e. The Labute approximate surface area is 171 Å². The number of hydrogen-bond donors (Lipinski definition) is 1. The molecule has 2 aliphatic rings. The average Bonchev–Trinajstić information content (AvgIpc) is 3.31. The molecule has 1 aromatic carbocycles. The Balaban J connectivity index is 1.26. The fraction of sp³-hybridized carbons (Fsp3) is 0.455. The summed E-state index contributed by atoms with van der Waals surface area (Å²) in [7, 11) is 0. The highest BCUT2D eigenvalue weighted by Gasteiger charge is 2.26. The van der Waals surface area contributed by atoms with E-state index in [0.29, 0.717) is 6.42 Å². The van der Waals surface area contributed by atoms with Crippen molar-refractivity contribution < 1.29 is 9.59 Å². The minimum absolute atomic E-state index is 0.00798. The van der Waals surface area contributed by atoms with Crippen LogP contribution in [0.3, 0.4) is 0 Å². The SMILES string of the molecule is O=C(Nc1ccc(CC(=O)N2CCCC2)cc1)C1CCN(c2ncccn2)CC1. The number of amides is 2. The molecule has 152 valence electrons. The second-order valence-corrected chi connectivity index (χ2v) is 7.76. The van der Waals surface area contributed by atoms with Gasteiger partial charge in [-0.3, -0.25) is 9.59 Å². The van der Waals surface area contributed by atoms with Crippen molar-refractivity contribution in [1.82, 2.24) is 14.9 Å². The van der Waals surface area contributed by atoms with Gasteiger partial charge >= 0.3 is 0 Å². The van der Waals surface area contributed by atoms with E-state index in [1.165, 1.54) is 0 Å². The van der Waals surface area contributed by atoms with E-state index in [4.69, 9.17) is 0 Å². The smallest absolute Gasteiger partial charge is 0.227 e. The van der Waals surface area contributed by atoms with Crippen molar-refractivity contribution in [3.63, 3.8) is 0 Å². The topological polar surface area (TPSA) is 78.4 Å². The molecule has 2 fully saturated rings. The van der Waals surface area contributed by atoms with Gasteiger partial charge in [-0.25, -0.2) is 9.97 Å². The Morgan fingerprint density at radius 3 is 2.28 bits per heavy atom. The summed E-state index contributed by atoms with van der Waals surface area (Å²) >= 11 is 0. The molecule has 3 heterocycles. The minimum atomic E-state index is -0.00798. The molecule has 0 atom stereocenters. The highest BCUT2D eigenvalue weighted by molar-refractivity contribution is 5.92. The van der Waals surface area contributed by atoms with Crippen molar-refractivity contribution in [2.24, 2.45) is 5.92 Å². The zero-order valence-electron chi connectivity index (χ0n) is 16.6. The molecule has 1 aromatic heterocycles. The van der Waals surface area contributed by atoms with Crippen molar-refractivity contribution in [1.29, 1.82) is 0 Å². The van der Waals surface area contributed by atoms with Crippen LogP contribution in [0.1, 0.15) is 31.2 Å². The Hall–Kier alpha value is -2.96. The summed E-state index contributed by atoms with van der Waals surface area (Å²) < 4.78 is 0. The van der Waals surface area contributed by atoms with Crippen LogP contribution in [0.4, 0.5) is 11.6 Å². The summed E-state index contributed by atoms with van der Waals surface area (Å²) in [5.41, 5.74) is 1.76. The first kappa shape index (κ1) is 19.4. The third-order valence-electron chi connectivity index (χ3n) is 5.74. The van der Waals surface area contributed by atoms with Gasteiger partial charge in [-0.15, -0.1) is 0 Å². The van der Waals surface area contributed by atoms with Crippen LogP contribution in [-0.2, 0) is 16.0 Å². The molecule has 7 heteroatoms. The summed E-state index contributed by atoms with van der Waals surface area (Å²) in [5, 5.41) is 3.02. The number of hydrogen-bond acceptors (Lipinski definition) is 5. The molecule has 29 heavy (non-hydrogen) atoms. The van der Waals surface area contributed by atoms with Crippen LogP contribution < -0.4 is 10.2 Å². The third kappa shape index (κ3) is 4.91. The van der Waals surface area contributed by atoms with Gasteiger partial charge in [-0.05, 0) is 49.4 Å². The number of carbonyl (C=O) groups is 2. The van der Waals surface area contributed by atoms with E-state index < -0.39 is 0 Å². The molecule has 0 saturated carbocycles. The standard InChI is InChI=1S/C22H27N5O2/c28-20(26-12-1-2-13-26)16-17-4-6-19(7-5-17)25-21(29)18-8-14-27(15-9-18)22-23-10-3-11-24-22/h3-7,10-11,18H,1-2,8-9,12-16H2,(H,25,29). The van der Waals surface area contributed by atoms with Crippen LogP contribution in [0.25, 0.3) is 0 Å². The molecule has 7 nitrogen and oxygen atoms in total. The quantitative estimate of drug-likeness (QED) is 0.844. The first-order valence-corrected chi connectivity index (χ1v) is 10.4. The molecule has 1 N–H and O–H groups in total. The molecule has 2 aromatic rings. The summed E-state index contributed by atoms with van der Waals surface area (Å²) in [6.07, 6.45) is 7.68. The molecular weight excluding hydrogens is 366 g/mol. The van der Waals surface area contributed by atoms with Gasteiger partial charge in [0.25, 0.3) is 0 Å². The van der Waals surface area contributed by atoms with E-state index in [1.807, 2.05) is 29.2 Å². The van der Waals surface area contributed by atoms with Crippen molar-refractivity contribution in [3.8, 4) is 0 Å². The van der Waals surface area contributed by atoms with E-state index in [-0.39, 0.29) is 17.7 Å². The van der Waals surface area contributed by atoms with Gasteiger partial charge in [0.2, 0.25) is 17.8 Å². The zero-order valence-corrected chi connectivity index (χ0v) is 16.6. The van der Waals surface area contributed by atoms with Crippen LogP contribution in [0.2, 0.25) is 0 Å². The summed E-state index contributed by atoms with van der Waals surface area (Å²) in [6.45, 7) is 3.31. The van der Waals surface area contributed by atoms with E-state index >= 15 is 0 Å². The number of nitrogens with one attached hydrogen (secondary N) is 1. The zero-order chi connectivity index (χ0) is 20.1. The highest BCUT2D eigenvalue weighted by Crippen LogP contribution is 2.22. The average molecular weight is 393 g/mol. The lowest BCUT2D eigenvalue weighted by molar-refractivity contribution is -0.129. The van der Waals surface area contributed by atoms with Crippen LogP contribution >= 0.6 is 0 Å². The molecule has 2 aliphatic heterocycles. The monoisotopic (exact) mass is 393 g/mol. The molecule has 0 spiro atoms. The van der Waals surface area contributed by atoms with Crippen LogP contribution in [0.15, 0.2) is 42.7 Å². The largest absolute Gasteiger partial charge is 0.342 e. The fourth-order valence-corrected chi connectivity index (χ4v) is 4.00. The van der Waals surface area contributed by atoms with Gasteiger partial charge in [-0.2, -0.15) is 0 Å². The maximum absolute atomic E-state index is 12.6. The van der Waals surface area contributed by atoms with Gasteiger partial charge in [-0.1, -0.05) is 12.1 Å². The first-order valence-electron chi connectivity index (χ1n) is 10.4. The summed E-state index contributed by atoms with van der Waals surface area (Å²) in [6, 6.07) is 9.43. The molecule has 0 bridgehead atoms. The predicted octanol–water partition coefficient (Wildman–Crippen LogP) is 2.50. The Morgan fingerprint density at radius 2 is 1.62 bits per heavy atom. The van der Waals surface area contributed by atoms with Crippen molar-refractivity contribution in [2.45, 2.75) is 32.1 Å². The normalized spacial score (nSPS) is 17.4. The summed E-state index contributed by atoms with van der Waals surface area (Å²) in [4.78, 5) is 37.5. The number of likely N-dealkylation sites (tertiary alicyclic amines) is 1. The molecule has 2 saturated heterocycles. The first-order chi connectivity index (χ1) is 14.2. The van der Waals surface area contributed by atoms with E-state index in [9.17, 15) is 9.59 Å². The molecule has 0 unspecified atom stereocenters. The number of rotatable bonds is 5. The van der Waals surface area contributed by atoms with Gasteiger partial charge < -0.3 is 15.1 Å². The second-order valence-electron chi connectivity index (χ2n) is 7.76. The van der Waals surface area contributed by atoms with Crippen molar-refractivity contribution in [3.05, 3.63) is 48.3 Å². The molecule has 4 rings (SSSR count). The van der Waals surface area contributed by atoms with Gasteiger partial charge in [0.05, 0.1) is 6.42 Å². The number of nitrogens with zero attached hydrogens (tertiary/aromatic N) is 4. The number of benzene rings is 1. The highest BCUT2D eigenvalue weighted by atomic mass is 16.2. The summed E-state index contributed by atoms with van der Waals surface area (Å²) in [5.74, 6) is 0.963. The Bertz CT molecular complexity index is 826. The maximum atomic E-state index is 12.6. The molecule has 0 aliphatic carbocycles. The van der Waals surface area contributed by atoms with Crippen LogP contribution in [0.5, 0.6) is 0 Å². The number of aromatic nitrogens is 2. The number of piperidine rings is 1. The van der Waals surface area contributed by atoms with Crippen LogP contribution in [0, 0.1) is 5.92 Å². The Kier molecular flexibility index (Phi) is 6.03. The fourth-order valence-electron chi connectivity index (χ4n) is 4.00. The van der Waals surface area contributed by atoms with E-state index in [1.54, 1.807) is 18.5 Å². The molecule has 2 amide bonds. The molecule has 0 radical (unpaired) electrons. The predicted molar refractivity (Wildman–Crippen MR) is 112 cm³/mol. The second kappa shape index (κ2) is 9.03. The third-order valence-corrected chi connectivity index (χ3v) is 5.74. The number of carbonyl (C=O) groups excluding carboxylic acids is 2. The van der Waals surface area contributed by atoms with Crippen molar-refractivity contribution >= 4 is 23.5 Å². The number of anilines is 2. The lowest BCUT2D eigenvalue weighted by atomic mass is 9.96. The lowest BCUT2D eigenvalue weighted by Gasteiger charge is -2.31. The van der Waals surface area contributed by atoms with Crippen molar-refractivity contribution in [2.75, 3.05) is 36.4 Å². The van der Waals surface area contributed by atoms with E-state index in [2.05, 4.69) is 20.2 Å². The van der Waals surface area contributed by atoms with Gasteiger partial charge in [0.1, 0.15) is 0 Å². The van der Waals surface area contributed by atoms with Gasteiger partial charge in [0, 0.05) is 50.2 Å². The Morgan fingerprint density at radius 1 is 0.966 bits per heavy atom. The maximum Gasteiger partial charge on any atom is 0.227 e. The molecular formula is C22H27N5O2. The van der Waals surface area contributed by atoms with Gasteiger partial charge in [0.15, 0.2) is 0 Å². The van der Waals surface area contributed by atoms with E-state index in [0.717, 1.165) is 69.1 Å². The van der Waals surface area contributed by atoms with Crippen LogP contribution in [-0.4, -0.2) is 52.9 Å². The lowest BCUT2D eigenvalue weighted by Crippen LogP contribution is -2.39.